The molecule has 1 aromatic rings. The van der Waals surface area contributed by atoms with E-state index in [4.69, 9.17) is 21.1 Å². The average molecular weight is 610 g/mol. The number of carbonyl (C=O) groups is 3. The van der Waals surface area contributed by atoms with Crippen molar-refractivity contribution in [3.05, 3.63) is 54.6 Å². The van der Waals surface area contributed by atoms with Gasteiger partial charge in [0.2, 0.25) is 5.91 Å². The average Bonchev–Trinajstić information content (AvgIpc) is 3.50. The number of ether oxygens (including phenoxy) is 2. The zero-order valence-electron chi connectivity index (χ0n) is 21.4. The second-order valence-corrected chi connectivity index (χ2v) is 11.6. The molecule has 10 heteroatoms. The van der Waals surface area contributed by atoms with Gasteiger partial charge in [0, 0.05) is 22.1 Å². The van der Waals surface area contributed by atoms with Gasteiger partial charge in [-0.3, -0.25) is 14.4 Å². The number of carbonyl (C=O) groups excluding carboxylic acids is 3. The van der Waals surface area contributed by atoms with Crippen LogP contribution in [0.3, 0.4) is 0 Å². The second kappa shape index (κ2) is 11.9. The van der Waals surface area contributed by atoms with Crippen molar-refractivity contribution in [3.63, 3.8) is 0 Å². The van der Waals surface area contributed by atoms with Crippen LogP contribution >= 0.6 is 27.5 Å². The number of alkyl halides is 1. The number of benzene rings is 1. The Balaban J connectivity index is 1.76. The Labute approximate surface area is 236 Å². The fourth-order valence-corrected chi connectivity index (χ4v) is 7.21. The molecule has 3 aliphatic heterocycles. The lowest BCUT2D eigenvalue weighted by Gasteiger charge is -2.39. The molecule has 1 aromatic carbocycles. The summed E-state index contributed by atoms with van der Waals surface area (Å²) in [5.41, 5.74) is -0.656. The summed E-state index contributed by atoms with van der Waals surface area (Å²) in [5, 5.41) is 10.7. The third-order valence-electron chi connectivity index (χ3n) is 7.82. The molecular weight excluding hydrogens is 576 g/mol. The van der Waals surface area contributed by atoms with E-state index < -0.39 is 41.6 Å². The molecule has 1 N–H and O–H groups in total. The van der Waals surface area contributed by atoms with Gasteiger partial charge in [0.1, 0.15) is 11.6 Å². The van der Waals surface area contributed by atoms with Crippen molar-refractivity contribution in [1.29, 1.82) is 0 Å². The van der Waals surface area contributed by atoms with Crippen LogP contribution in [0.1, 0.15) is 32.6 Å². The van der Waals surface area contributed by atoms with Crippen LogP contribution in [0.25, 0.3) is 0 Å². The van der Waals surface area contributed by atoms with Gasteiger partial charge in [-0.25, -0.2) is 0 Å². The maximum absolute atomic E-state index is 14.4. The number of hydrogen-bond donors (Lipinski definition) is 1. The highest BCUT2D eigenvalue weighted by Crippen LogP contribution is 2.60. The van der Waals surface area contributed by atoms with E-state index in [1.54, 1.807) is 36.4 Å². The van der Waals surface area contributed by atoms with Crippen LogP contribution in [0.5, 0.6) is 0 Å². The molecule has 3 heterocycles. The summed E-state index contributed by atoms with van der Waals surface area (Å²) in [6.07, 6.45) is 4.88. The number of amides is 2. The van der Waals surface area contributed by atoms with E-state index in [9.17, 15) is 19.5 Å². The van der Waals surface area contributed by atoms with Crippen molar-refractivity contribution >= 4 is 51.0 Å². The van der Waals surface area contributed by atoms with Crippen molar-refractivity contribution in [2.75, 3.05) is 24.7 Å². The van der Waals surface area contributed by atoms with Gasteiger partial charge in [-0.05, 0) is 49.9 Å². The molecule has 0 aliphatic carbocycles. The summed E-state index contributed by atoms with van der Waals surface area (Å²) in [4.78, 5) is 44.6. The highest BCUT2D eigenvalue weighted by atomic mass is 79.9. The number of aliphatic hydroxyl groups excluding tert-OH is 1. The first-order chi connectivity index (χ1) is 18.2. The van der Waals surface area contributed by atoms with Crippen molar-refractivity contribution in [3.8, 4) is 0 Å². The van der Waals surface area contributed by atoms with Crippen LogP contribution < -0.4 is 4.90 Å². The number of nitrogens with zero attached hydrogens (tertiary/aromatic N) is 2. The number of unbranched alkanes of at least 4 members (excludes halogenated alkanes) is 1. The standard InChI is InChI=1S/C28H34BrClN2O6/c1-4-7-8-14-37-27(36)21-22-25(34)32(18(6-3)16-33)24(28(22)15-20(29)23(21)38-28)26(35)31(13-5-2)19-11-9-17(30)10-12-19/h4-5,9-12,18,20-24,33H,1-2,6-8,13-16H2,3H3/t18-,20?,21+,22-,23+,24?,28?/m0/s1. The number of allylic oxidation sites excluding steroid dienone is 1. The van der Waals surface area contributed by atoms with Crippen molar-refractivity contribution in [2.45, 2.75) is 61.2 Å². The van der Waals surface area contributed by atoms with Crippen LogP contribution in [0.2, 0.25) is 5.02 Å². The van der Waals surface area contributed by atoms with E-state index in [0.717, 1.165) is 0 Å². The van der Waals surface area contributed by atoms with Gasteiger partial charge < -0.3 is 24.4 Å². The van der Waals surface area contributed by atoms with Gasteiger partial charge in [-0.15, -0.1) is 13.2 Å². The minimum atomic E-state index is -1.24. The van der Waals surface area contributed by atoms with Crippen LogP contribution in [0.4, 0.5) is 5.69 Å². The van der Waals surface area contributed by atoms with Gasteiger partial charge in [-0.1, -0.05) is 46.6 Å². The number of esters is 1. The van der Waals surface area contributed by atoms with Crippen molar-refractivity contribution in [2.24, 2.45) is 11.8 Å². The maximum atomic E-state index is 14.4. The molecule has 7 atom stereocenters. The highest BCUT2D eigenvalue weighted by Gasteiger charge is 2.77. The van der Waals surface area contributed by atoms with E-state index in [0.29, 0.717) is 36.4 Å². The van der Waals surface area contributed by atoms with Crippen LogP contribution in [0, 0.1) is 11.8 Å². The Morgan fingerprint density at radius 2 is 2.05 bits per heavy atom. The predicted molar refractivity (Wildman–Crippen MR) is 148 cm³/mol. The summed E-state index contributed by atoms with van der Waals surface area (Å²) < 4.78 is 12.1. The Bertz CT molecular complexity index is 1080. The molecule has 38 heavy (non-hydrogen) atoms. The zero-order valence-corrected chi connectivity index (χ0v) is 23.8. The third-order valence-corrected chi connectivity index (χ3v) is 8.92. The van der Waals surface area contributed by atoms with Crippen molar-refractivity contribution < 1.29 is 29.0 Å². The molecule has 3 saturated heterocycles. The molecule has 8 nitrogen and oxygen atoms in total. The Morgan fingerprint density at radius 3 is 2.66 bits per heavy atom. The second-order valence-electron chi connectivity index (χ2n) is 9.97. The molecule has 0 radical (unpaired) electrons. The number of aliphatic hydroxyl groups is 1. The molecule has 3 unspecified atom stereocenters. The largest absolute Gasteiger partial charge is 0.465 e. The molecular formula is C28H34BrClN2O6. The Morgan fingerprint density at radius 1 is 1.34 bits per heavy atom. The molecule has 3 fully saturated rings. The molecule has 0 saturated carbocycles. The van der Waals surface area contributed by atoms with Gasteiger partial charge in [-0.2, -0.15) is 0 Å². The maximum Gasteiger partial charge on any atom is 0.312 e. The summed E-state index contributed by atoms with van der Waals surface area (Å²) in [6.45, 7) is 9.41. The van der Waals surface area contributed by atoms with Gasteiger partial charge in [0.25, 0.3) is 5.91 Å². The lowest BCUT2D eigenvalue weighted by atomic mass is 9.70. The molecule has 3 aliphatic rings. The Kier molecular flexibility index (Phi) is 9.02. The normalized spacial score (nSPS) is 30.2. The molecule has 1 spiro atoms. The third kappa shape index (κ3) is 4.83. The zero-order chi connectivity index (χ0) is 27.6. The van der Waals surface area contributed by atoms with Crippen LogP contribution in [0.15, 0.2) is 49.6 Å². The smallest absolute Gasteiger partial charge is 0.312 e. The topological polar surface area (TPSA) is 96.4 Å². The van der Waals surface area contributed by atoms with Gasteiger partial charge >= 0.3 is 5.97 Å². The lowest BCUT2D eigenvalue weighted by molar-refractivity contribution is -0.155. The highest BCUT2D eigenvalue weighted by molar-refractivity contribution is 9.09. The first-order valence-corrected chi connectivity index (χ1v) is 14.2. The summed E-state index contributed by atoms with van der Waals surface area (Å²) in [7, 11) is 0. The lowest BCUT2D eigenvalue weighted by Crippen LogP contribution is -2.59. The summed E-state index contributed by atoms with van der Waals surface area (Å²) in [6, 6.07) is 5.17. The molecule has 4 rings (SSSR count). The quantitative estimate of drug-likeness (QED) is 0.167. The fraction of sp³-hybridized carbons (Fsp3) is 0.536. The minimum Gasteiger partial charge on any atom is -0.465 e. The van der Waals surface area contributed by atoms with E-state index in [-0.39, 0.29) is 36.4 Å². The number of anilines is 1. The monoisotopic (exact) mass is 608 g/mol. The number of hydrogen-bond acceptors (Lipinski definition) is 6. The summed E-state index contributed by atoms with van der Waals surface area (Å²) in [5.74, 6) is -2.99. The number of fused-ring (bicyclic) bond motifs is 1. The fourth-order valence-electron chi connectivity index (χ4n) is 6.14. The van der Waals surface area contributed by atoms with E-state index in [2.05, 4.69) is 29.1 Å². The Hall–Kier alpha value is -2.20. The van der Waals surface area contributed by atoms with Gasteiger partial charge in [0.15, 0.2) is 0 Å². The van der Waals surface area contributed by atoms with Crippen molar-refractivity contribution in [1.82, 2.24) is 4.90 Å². The van der Waals surface area contributed by atoms with E-state index in [1.807, 2.05) is 6.92 Å². The van der Waals surface area contributed by atoms with E-state index >= 15 is 0 Å². The SMILES string of the molecule is C=CCCCOC(=O)[C@H]1[C@@H]2OC3(CC2Br)C(C(=O)N(CC=C)c2ccc(Cl)cc2)N([C@@H](CC)CO)C(=O)[C@H]13. The summed E-state index contributed by atoms with van der Waals surface area (Å²) >= 11 is 9.74. The molecule has 0 aromatic heterocycles. The van der Waals surface area contributed by atoms with Crippen LogP contribution in [-0.2, 0) is 23.9 Å². The predicted octanol–water partition coefficient (Wildman–Crippen LogP) is 3.89. The molecule has 2 amide bonds. The van der Waals surface area contributed by atoms with E-state index in [1.165, 1.54) is 9.80 Å². The molecule has 206 valence electrons. The first-order valence-electron chi connectivity index (χ1n) is 13.0. The first kappa shape index (κ1) is 28.8. The minimum absolute atomic E-state index is 0.186. The van der Waals surface area contributed by atoms with Gasteiger partial charge in [0.05, 0.1) is 37.2 Å². The number of rotatable bonds is 12. The molecule has 2 bridgehead atoms. The van der Waals surface area contributed by atoms with Crippen LogP contribution in [-0.4, -0.2) is 76.2 Å². The number of halogens is 2. The number of likely N-dealkylation sites (tertiary alicyclic amines) is 1.